The lowest BCUT2D eigenvalue weighted by Gasteiger charge is -2.15. The van der Waals surface area contributed by atoms with Gasteiger partial charge in [-0.1, -0.05) is 76.3 Å². The molecule has 3 aromatic rings. The van der Waals surface area contributed by atoms with Crippen molar-refractivity contribution < 1.29 is 0 Å². The molecule has 1 atom stereocenters. The summed E-state index contributed by atoms with van der Waals surface area (Å²) < 4.78 is 1.07. The fraction of sp³-hybridized carbons (Fsp3) is 0.130. The van der Waals surface area contributed by atoms with Crippen LogP contribution < -0.4 is 5.32 Å². The average Bonchev–Trinajstić information content (AvgIpc) is 2.65. The molecular weight excluding hydrogens is 370 g/mol. The Labute approximate surface area is 157 Å². The first-order valence-electron chi connectivity index (χ1n) is 8.37. The first-order valence-corrected chi connectivity index (χ1v) is 9.16. The summed E-state index contributed by atoms with van der Waals surface area (Å²) >= 11 is 3.43. The summed E-state index contributed by atoms with van der Waals surface area (Å²) in [7, 11) is 0. The summed E-state index contributed by atoms with van der Waals surface area (Å²) in [6.07, 6.45) is 3.97. The Bertz CT molecular complexity index is 924. The zero-order chi connectivity index (χ0) is 17.5. The number of hydrogen-bond acceptors (Lipinski definition) is 1. The van der Waals surface area contributed by atoms with Crippen molar-refractivity contribution in [3.05, 3.63) is 94.5 Å². The minimum absolute atomic E-state index is 0.287. The van der Waals surface area contributed by atoms with Crippen LogP contribution in [0.4, 0.5) is 0 Å². The van der Waals surface area contributed by atoms with Gasteiger partial charge in [0.15, 0.2) is 0 Å². The molecular formula is C23H20BrN. The van der Waals surface area contributed by atoms with E-state index in [0.717, 1.165) is 16.6 Å². The molecule has 0 saturated heterocycles. The van der Waals surface area contributed by atoms with E-state index in [-0.39, 0.29) is 6.04 Å². The molecule has 3 rings (SSSR count). The van der Waals surface area contributed by atoms with Crippen LogP contribution >= 0.6 is 15.9 Å². The maximum absolute atomic E-state index is 3.54. The van der Waals surface area contributed by atoms with Crippen LogP contribution in [0.25, 0.3) is 10.8 Å². The van der Waals surface area contributed by atoms with Gasteiger partial charge in [0.1, 0.15) is 0 Å². The molecule has 2 heteroatoms. The van der Waals surface area contributed by atoms with E-state index in [1.807, 2.05) is 30.3 Å². The van der Waals surface area contributed by atoms with E-state index in [9.17, 15) is 0 Å². The van der Waals surface area contributed by atoms with Crippen molar-refractivity contribution in [1.82, 2.24) is 5.32 Å². The van der Waals surface area contributed by atoms with Crippen molar-refractivity contribution in [2.24, 2.45) is 0 Å². The zero-order valence-electron chi connectivity index (χ0n) is 14.2. The van der Waals surface area contributed by atoms with Crippen LogP contribution in [-0.4, -0.2) is 6.54 Å². The van der Waals surface area contributed by atoms with Crippen LogP contribution in [0.15, 0.2) is 83.4 Å². The minimum atomic E-state index is 0.287. The Morgan fingerprint density at radius 1 is 1.00 bits per heavy atom. The van der Waals surface area contributed by atoms with Crippen molar-refractivity contribution >= 4 is 26.7 Å². The Morgan fingerprint density at radius 2 is 1.76 bits per heavy atom. The van der Waals surface area contributed by atoms with Gasteiger partial charge in [-0.25, -0.2) is 0 Å². The lowest BCUT2D eigenvalue weighted by atomic mass is 10.00. The predicted octanol–water partition coefficient (Wildman–Crippen LogP) is 5.86. The van der Waals surface area contributed by atoms with Crippen LogP contribution in [-0.2, 0) is 0 Å². The van der Waals surface area contributed by atoms with E-state index in [1.54, 1.807) is 0 Å². The number of nitrogens with one attached hydrogen (secondary N) is 1. The normalized spacial score (nSPS) is 12.1. The molecule has 3 aromatic carbocycles. The number of benzene rings is 3. The predicted molar refractivity (Wildman–Crippen MR) is 111 cm³/mol. The van der Waals surface area contributed by atoms with Gasteiger partial charge in [0.25, 0.3) is 0 Å². The number of fused-ring (bicyclic) bond motifs is 1. The third kappa shape index (κ3) is 4.82. The standard InChI is InChI=1S/C23H20BrN/c1-18(22-12-7-10-20-9-4-5-11-23(20)22)25-17-6-2-3-8-19-13-15-21(24)16-14-19/h2,4-7,9-16,18,25H,17H2,1H3/b6-2+. The number of rotatable bonds is 4. The molecule has 0 saturated carbocycles. The monoisotopic (exact) mass is 389 g/mol. The van der Waals surface area contributed by atoms with E-state index in [0.29, 0.717) is 0 Å². The first kappa shape index (κ1) is 17.5. The third-order valence-corrected chi connectivity index (χ3v) is 4.62. The molecule has 0 fully saturated rings. The van der Waals surface area contributed by atoms with Gasteiger partial charge in [-0.15, -0.1) is 0 Å². The SMILES string of the molecule is CC(NC/C=C/C#Cc1ccc(Br)cc1)c1cccc2ccccc12. The molecule has 0 amide bonds. The molecule has 0 aliphatic carbocycles. The Hall–Kier alpha value is -2.34. The molecule has 25 heavy (non-hydrogen) atoms. The fourth-order valence-corrected chi connectivity index (χ4v) is 3.02. The Balaban J connectivity index is 1.57. The largest absolute Gasteiger partial charge is 0.307 e. The molecule has 0 aliphatic rings. The molecule has 1 unspecified atom stereocenters. The molecule has 1 N–H and O–H groups in total. The summed E-state index contributed by atoms with van der Waals surface area (Å²) in [5, 5.41) is 6.13. The zero-order valence-corrected chi connectivity index (χ0v) is 15.8. The van der Waals surface area contributed by atoms with E-state index in [4.69, 9.17) is 0 Å². The van der Waals surface area contributed by atoms with Gasteiger partial charge in [-0.05, 0) is 53.6 Å². The highest BCUT2D eigenvalue weighted by molar-refractivity contribution is 9.10. The summed E-state index contributed by atoms with van der Waals surface area (Å²) in [5.41, 5.74) is 2.34. The van der Waals surface area contributed by atoms with E-state index >= 15 is 0 Å². The van der Waals surface area contributed by atoms with Crippen LogP contribution in [0, 0.1) is 11.8 Å². The summed E-state index contributed by atoms with van der Waals surface area (Å²) in [5.74, 6) is 6.21. The van der Waals surface area contributed by atoms with Gasteiger partial charge < -0.3 is 5.32 Å². The highest BCUT2D eigenvalue weighted by atomic mass is 79.9. The third-order valence-electron chi connectivity index (χ3n) is 4.09. The van der Waals surface area contributed by atoms with Crippen LogP contribution in [0.2, 0.25) is 0 Å². The van der Waals surface area contributed by atoms with Gasteiger partial charge in [0.05, 0.1) is 0 Å². The van der Waals surface area contributed by atoms with Crippen LogP contribution in [0.1, 0.15) is 24.1 Å². The van der Waals surface area contributed by atoms with Crippen molar-refractivity contribution in [1.29, 1.82) is 0 Å². The highest BCUT2D eigenvalue weighted by Crippen LogP contribution is 2.23. The van der Waals surface area contributed by atoms with Crippen molar-refractivity contribution in [2.45, 2.75) is 13.0 Å². The van der Waals surface area contributed by atoms with Crippen LogP contribution in [0.5, 0.6) is 0 Å². The average molecular weight is 390 g/mol. The summed E-state index contributed by atoms with van der Waals surface area (Å²) in [4.78, 5) is 0. The second-order valence-corrected chi connectivity index (χ2v) is 6.79. The van der Waals surface area contributed by atoms with E-state index in [1.165, 1.54) is 16.3 Å². The first-order chi connectivity index (χ1) is 12.2. The van der Waals surface area contributed by atoms with Gasteiger partial charge in [-0.3, -0.25) is 0 Å². The number of allylic oxidation sites excluding steroid dienone is 1. The van der Waals surface area contributed by atoms with Crippen molar-refractivity contribution in [3.63, 3.8) is 0 Å². The van der Waals surface area contributed by atoms with Crippen LogP contribution in [0.3, 0.4) is 0 Å². The molecule has 0 aromatic heterocycles. The maximum Gasteiger partial charge on any atom is 0.0300 e. The fourth-order valence-electron chi connectivity index (χ4n) is 2.76. The van der Waals surface area contributed by atoms with E-state index < -0.39 is 0 Å². The highest BCUT2D eigenvalue weighted by Gasteiger charge is 2.07. The molecule has 0 aliphatic heterocycles. The summed E-state index contributed by atoms with van der Waals surface area (Å²) in [6, 6.07) is 23.3. The molecule has 1 nitrogen and oxygen atoms in total. The van der Waals surface area contributed by atoms with Crippen molar-refractivity contribution in [2.75, 3.05) is 6.54 Å². The quantitative estimate of drug-likeness (QED) is 0.550. The Morgan fingerprint density at radius 3 is 2.60 bits per heavy atom. The smallest absolute Gasteiger partial charge is 0.0300 e. The topological polar surface area (TPSA) is 12.0 Å². The summed E-state index contributed by atoms with van der Waals surface area (Å²) in [6.45, 7) is 2.99. The maximum atomic E-state index is 3.54. The van der Waals surface area contributed by atoms with Crippen molar-refractivity contribution in [3.8, 4) is 11.8 Å². The lowest BCUT2D eigenvalue weighted by Crippen LogP contribution is -2.18. The molecule has 124 valence electrons. The molecule has 0 radical (unpaired) electrons. The molecule has 0 spiro atoms. The van der Waals surface area contributed by atoms with E-state index in [2.05, 4.69) is 88.6 Å². The Kier molecular flexibility index (Phi) is 6.06. The van der Waals surface area contributed by atoms with Gasteiger partial charge >= 0.3 is 0 Å². The van der Waals surface area contributed by atoms with Gasteiger partial charge in [0, 0.05) is 22.6 Å². The molecule has 0 heterocycles. The van der Waals surface area contributed by atoms with Gasteiger partial charge in [0.2, 0.25) is 0 Å². The van der Waals surface area contributed by atoms with Gasteiger partial charge in [-0.2, -0.15) is 0 Å². The number of hydrogen-bond donors (Lipinski definition) is 1. The lowest BCUT2D eigenvalue weighted by molar-refractivity contribution is 0.621. The second kappa shape index (κ2) is 8.67. The minimum Gasteiger partial charge on any atom is -0.307 e. The molecule has 0 bridgehead atoms. The number of halogens is 1. The second-order valence-electron chi connectivity index (χ2n) is 5.88.